The van der Waals surface area contributed by atoms with Gasteiger partial charge < -0.3 is 64.2 Å². The molecule has 0 spiro atoms. The van der Waals surface area contributed by atoms with Gasteiger partial charge in [-0.1, -0.05) is 6.07 Å². The highest BCUT2D eigenvalue weighted by atomic mass is 16.7. The van der Waals surface area contributed by atoms with Gasteiger partial charge in [-0.3, -0.25) is 0 Å². The van der Waals surface area contributed by atoms with Crippen molar-refractivity contribution in [1.29, 1.82) is 0 Å². The number of ether oxygens (including phenoxy) is 6. The van der Waals surface area contributed by atoms with Crippen LogP contribution in [-0.4, -0.2) is 107 Å². The van der Waals surface area contributed by atoms with Gasteiger partial charge in [0.1, 0.15) is 30.5 Å². The molecular weight excluding hydrogens is 532 g/mol. The molecule has 0 saturated carbocycles. The lowest BCUT2D eigenvalue weighted by molar-refractivity contribution is -0.305. The van der Waals surface area contributed by atoms with Crippen molar-refractivity contribution in [2.24, 2.45) is 0 Å². The molecule has 1 aliphatic heterocycles. The van der Waals surface area contributed by atoms with E-state index in [1.807, 2.05) is 0 Å². The lowest BCUT2D eigenvalue weighted by atomic mass is 9.99. The van der Waals surface area contributed by atoms with Crippen LogP contribution in [0.1, 0.15) is 17.2 Å². The smallest absolute Gasteiger partial charge is 0.204 e. The standard InChI is InChI=1S/C27H36O13/c1-35-17-11-15(6-7-16(17)30)22(31)21(13-38-27-25(34)24(33)23(32)20(12-29)40-27)39-26-18(36-2)9-14(5-4-8-28)10-19(26)37-3/h4,6-11,20-25,27-34H,5,12-13H2,1-3H3/b8-4-/t20-,21-,22+,23-,24+,25-,27-/m1/s1. The first-order chi connectivity index (χ1) is 19.2. The van der Waals surface area contributed by atoms with Gasteiger partial charge in [-0.15, -0.1) is 0 Å². The van der Waals surface area contributed by atoms with Crippen molar-refractivity contribution in [2.45, 2.75) is 49.3 Å². The average Bonchev–Trinajstić information content (AvgIpc) is 2.97. The van der Waals surface area contributed by atoms with Gasteiger partial charge >= 0.3 is 0 Å². The third-order valence-corrected chi connectivity index (χ3v) is 6.42. The Morgan fingerprint density at radius 2 is 1.57 bits per heavy atom. The molecule has 0 aromatic heterocycles. The van der Waals surface area contributed by atoms with Crippen LogP contribution in [0, 0.1) is 0 Å². The van der Waals surface area contributed by atoms with Crippen LogP contribution in [0.2, 0.25) is 0 Å². The van der Waals surface area contributed by atoms with E-state index in [0.717, 1.165) is 11.8 Å². The summed E-state index contributed by atoms with van der Waals surface area (Å²) in [5.74, 6) is 0.544. The van der Waals surface area contributed by atoms with Crippen molar-refractivity contribution in [3.8, 4) is 28.7 Å². The van der Waals surface area contributed by atoms with E-state index < -0.39 is 56.1 Å². The predicted molar refractivity (Wildman–Crippen MR) is 139 cm³/mol. The molecule has 1 saturated heterocycles. The molecule has 0 amide bonds. The Kier molecular flexibility index (Phi) is 11.2. The van der Waals surface area contributed by atoms with Crippen molar-refractivity contribution in [2.75, 3.05) is 34.5 Å². The third-order valence-electron chi connectivity index (χ3n) is 6.42. The van der Waals surface area contributed by atoms with E-state index in [1.54, 1.807) is 12.1 Å². The number of hydrogen-bond acceptors (Lipinski definition) is 13. The molecule has 40 heavy (non-hydrogen) atoms. The largest absolute Gasteiger partial charge is 0.516 e. The Morgan fingerprint density at radius 3 is 2.15 bits per heavy atom. The fourth-order valence-corrected chi connectivity index (χ4v) is 4.19. The van der Waals surface area contributed by atoms with Gasteiger partial charge in [0.05, 0.1) is 40.8 Å². The molecule has 1 aliphatic rings. The maximum Gasteiger partial charge on any atom is 0.204 e. The van der Waals surface area contributed by atoms with E-state index in [2.05, 4.69) is 0 Å². The normalized spacial score (nSPS) is 24.4. The number of aromatic hydroxyl groups is 1. The minimum atomic E-state index is -1.67. The van der Waals surface area contributed by atoms with E-state index in [9.17, 15) is 30.6 Å². The molecule has 222 valence electrons. The van der Waals surface area contributed by atoms with Crippen molar-refractivity contribution >= 4 is 0 Å². The fourth-order valence-electron chi connectivity index (χ4n) is 4.19. The van der Waals surface area contributed by atoms with Crippen molar-refractivity contribution in [3.05, 3.63) is 53.8 Å². The van der Waals surface area contributed by atoms with E-state index in [1.165, 1.54) is 45.6 Å². The van der Waals surface area contributed by atoms with Gasteiger partial charge in [0, 0.05) is 0 Å². The molecule has 7 atom stereocenters. The van der Waals surface area contributed by atoms with Gasteiger partial charge in [-0.05, 0) is 47.9 Å². The summed E-state index contributed by atoms with van der Waals surface area (Å²) in [5, 5.41) is 70.4. The van der Waals surface area contributed by atoms with Crippen molar-refractivity contribution in [1.82, 2.24) is 0 Å². The summed E-state index contributed by atoms with van der Waals surface area (Å²) >= 11 is 0. The van der Waals surface area contributed by atoms with Crippen LogP contribution in [0.5, 0.6) is 28.7 Å². The van der Waals surface area contributed by atoms with E-state index >= 15 is 0 Å². The number of phenols is 1. The van der Waals surface area contributed by atoms with Crippen LogP contribution in [0.25, 0.3) is 0 Å². The topological polar surface area (TPSA) is 197 Å². The molecule has 0 bridgehead atoms. The van der Waals surface area contributed by atoms with Gasteiger partial charge in [0.25, 0.3) is 0 Å². The van der Waals surface area contributed by atoms with Gasteiger partial charge in [-0.25, -0.2) is 0 Å². The van der Waals surface area contributed by atoms with Gasteiger partial charge in [-0.2, -0.15) is 0 Å². The summed E-state index contributed by atoms with van der Waals surface area (Å²) in [5.41, 5.74) is 1.00. The molecule has 0 unspecified atom stereocenters. The first-order valence-corrected chi connectivity index (χ1v) is 12.4. The van der Waals surface area contributed by atoms with E-state index in [0.29, 0.717) is 6.42 Å². The summed E-state index contributed by atoms with van der Waals surface area (Å²) < 4.78 is 33.4. The summed E-state index contributed by atoms with van der Waals surface area (Å²) in [6.45, 7) is -1.08. The SMILES string of the molecule is COc1cc([C@H](O)[C@@H](CO[C@@H]2O[C@H](CO)[C@@H](O)[C@H](O)[C@H]2O)Oc2c(OC)cc(C/C=C\O)cc2OC)ccc1O. The summed E-state index contributed by atoms with van der Waals surface area (Å²) in [6.07, 6.45) is -7.44. The minimum absolute atomic E-state index is 0.0987. The Labute approximate surface area is 231 Å². The lowest BCUT2D eigenvalue weighted by Gasteiger charge is -2.40. The molecule has 2 aromatic carbocycles. The lowest BCUT2D eigenvalue weighted by Crippen LogP contribution is -2.59. The summed E-state index contributed by atoms with van der Waals surface area (Å²) in [4.78, 5) is 0. The number of benzene rings is 2. The Bertz CT molecular complexity index is 1100. The van der Waals surface area contributed by atoms with Crippen LogP contribution in [0.4, 0.5) is 0 Å². The molecule has 13 heteroatoms. The molecule has 0 radical (unpaired) electrons. The highest BCUT2D eigenvalue weighted by Gasteiger charge is 2.44. The second kappa shape index (κ2) is 14.4. The van der Waals surface area contributed by atoms with Crippen LogP contribution in [-0.2, 0) is 15.9 Å². The average molecular weight is 569 g/mol. The molecule has 7 N–H and O–H groups in total. The maximum atomic E-state index is 11.3. The first-order valence-electron chi connectivity index (χ1n) is 12.4. The zero-order valence-corrected chi connectivity index (χ0v) is 22.3. The molecule has 13 nitrogen and oxygen atoms in total. The number of methoxy groups -OCH3 is 3. The molecule has 3 rings (SSSR count). The summed E-state index contributed by atoms with van der Waals surface area (Å²) in [7, 11) is 4.17. The van der Waals surface area contributed by atoms with Crippen LogP contribution in [0.3, 0.4) is 0 Å². The second-order valence-electron chi connectivity index (χ2n) is 8.98. The van der Waals surface area contributed by atoms with Crippen molar-refractivity contribution < 1.29 is 64.2 Å². The van der Waals surface area contributed by atoms with Crippen LogP contribution < -0.4 is 18.9 Å². The molecule has 1 heterocycles. The highest BCUT2D eigenvalue weighted by Crippen LogP contribution is 2.41. The van der Waals surface area contributed by atoms with E-state index in [-0.39, 0.29) is 34.3 Å². The molecular formula is C27H36O13. The zero-order valence-electron chi connectivity index (χ0n) is 22.3. The zero-order chi connectivity index (χ0) is 29.4. The second-order valence-corrected chi connectivity index (χ2v) is 8.98. The number of aliphatic hydroxyl groups excluding tert-OH is 6. The number of hydrogen-bond donors (Lipinski definition) is 7. The Balaban J connectivity index is 1.96. The quantitative estimate of drug-likeness (QED) is 0.163. The number of allylic oxidation sites excluding steroid dienone is 1. The van der Waals surface area contributed by atoms with E-state index in [4.69, 9.17) is 33.5 Å². The maximum absolute atomic E-state index is 11.3. The third kappa shape index (κ3) is 7.06. The molecule has 2 aromatic rings. The monoisotopic (exact) mass is 568 g/mol. The van der Waals surface area contributed by atoms with Crippen LogP contribution >= 0.6 is 0 Å². The summed E-state index contributed by atoms with van der Waals surface area (Å²) in [6, 6.07) is 7.50. The van der Waals surface area contributed by atoms with Crippen LogP contribution in [0.15, 0.2) is 42.7 Å². The van der Waals surface area contributed by atoms with Gasteiger partial charge in [0.15, 0.2) is 35.4 Å². The number of rotatable bonds is 13. The highest BCUT2D eigenvalue weighted by molar-refractivity contribution is 5.54. The number of phenolic OH excluding ortho intramolecular Hbond substituents is 1. The van der Waals surface area contributed by atoms with Gasteiger partial charge in [0.2, 0.25) is 5.75 Å². The predicted octanol–water partition coefficient (Wildman–Crippen LogP) is 0.330. The fraction of sp³-hybridized carbons (Fsp3) is 0.481. The molecule has 0 aliphatic carbocycles. The van der Waals surface area contributed by atoms with Crippen molar-refractivity contribution in [3.63, 3.8) is 0 Å². The first kappa shape index (κ1) is 31.2. The molecule has 1 fully saturated rings. The Hall–Kier alpha value is -3.30. The Morgan fingerprint density at radius 1 is 0.925 bits per heavy atom. The number of aliphatic hydroxyl groups is 6. The minimum Gasteiger partial charge on any atom is -0.516 e.